The number of β-amino-alcohol motifs (C(OH)–C–C–N with tert-alkyl or cyclic N) is 1. The van der Waals surface area contributed by atoms with E-state index in [1.54, 1.807) is 42.7 Å². The van der Waals surface area contributed by atoms with Crippen LogP contribution < -0.4 is 0 Å². The van der Waals surface area contributed by atoms with Crippen LogP contribution in [0.2, 0.25) is 5.02 Å². The molecule has 2 heterocycles. The molecule has 238 valence electrons. The third kappa shape index (κ3) is 14.8. The van der Waals surface area contributed by atoms with Crippen LogP contribution in [0.3, 0.4) is 0 Å². The molecule has 1 aromatic carbocycles. The van der Waals surface area contributed by atoms with Gasteiger partial charge in [-0.15, -0.1) is 0 Å². The number of aliphatic hydroxyl groups is 1. The summed E-state index contributed by atoms with van der Waals surface area (Å²) >= 11 is 5.48. The van der Waals surface area contributed by atoms with Crippen molar-refractivity contribution in [2.24, 2.45) is 11.8 Å². The van der Waals surface area contributed by atoms with Gasteiger partial charge in [0, 0.05) is 37.3 Å². The third-order valence-electron chi connectivity index (χ3n) is 7.38. The molecule has 3 rings (SSSR count). The topological polar surface area (TPSA) is 86.5 Å². The fraction of sp³-hybridized carbons (Fsp3) is 0.514. The first-order chi connectivity index (χ1) is 20.6. The minimum absolute atomic E-state index is 0.0511. The van der Waals surface area contributed by atoms with Crippen LogP contribution in [0.4, 0.5) is 4.39 Å². The van der Waals surface area contributed by atoms with Crippen LogP contribution in [0.5, 0.6) is 0 Å². The highest BCUT2D eigenvalue weighted by atomic mass is 35.5. The Morgan fingerprint density at radius 3 is 2.37 bits per heavy atom. The SMILES string of the molecule is CC/C=C(C)/C=C\C(=N)OC.CCCCCC(CC)C(=O)N1CC(C)C(c2ccc(F)cc2)C(O)C1.Clc1cccnc1. The van der Waals surface area contributed by atoms with E-state index in [0.717, 1.165) is 49.7 Å². The second-order valence-electron chi connectivity index (χ2n) is 10.9. The summed E-state index contributed by atoms with van der Waals surface area (Å²) in [4.78, 5) is 18.5. The average molecular weight is 616 g/mol. The summed E-state index contributed by atoms with van der Waals surface area (Å²) in [5.74, 6) is 0.261. The number of carbonyl (C=O) groups is 1. The van der Waals surface area contributed by atoms with Gasteiger partial charge in [0.05, 0.1) is 18.2 Å². The molecule has 1 saturated heterocycles. The second kappa shape index (κ2) is 21.6. The Hall–Kier alpha value is -3.03. The summed E-state index contributed by atoms with van der Waals surface area (Å²) in [6, 6.07) is 9.95. The summed E-state index contributed by atoms with van der Waals surface area (Å²) in [7, 11) is 1.49. The lowest BCUT2D eigenvalue weighted by Crippen LogP contribution is -2.51. The quantitative estimate of drug-likeness (QED) is 0.121. The Bertz CT molecular complexity index is 1110. The zero-order chi connectivity index (χ0) is 32.2. The first-order valence-electron chi connectivity index (χ1n) is 15.3. The Kier molecular flexibility index (Phi) is 19.1. The first-order valence-corrected chi connectivity index (χ1v) is 15.7. The van der Waals surface area contributed by atoms with Crippen LogP contribution in [0.25, 0.3) is 0 Å². The van der Waals surface area contributed by atoms with E-state index in [1.807, 2.05) is 17.9 Å². The number of unbranched alkanes of at least 4 members (excludes halogenated alkanes) is 2. The summed E-state index contributed by atoms with van der Waals surface area (Å²) in [6.45, 7) is 11.4. The molecule has 4 unspecified atom stereocenters. The van der Waals surface area contributed by atoms with Gasteiger partial charge in [0.2, 0.25) is 11.8 Å². The number of aliphatic hydroxyl groups excluding tert-OH is 1. The normalized spacial score (nSPS) is 19.0. The number of methoxy groups -OCH3 is 1. The first kappa shape index (κ1) is 38.0. The van der Waals surface area contributed by atoms with Crippen molar-refractivity contribution in [1.29, 1.82) is 5.41 Å². The molecule has 0 bridgehead atoms. The highest BCUT2D eigenvalue weighted by molar-refractivity contribution is 6.30. The summed E-state index contributed by atoms with van der Waals surface area (Å²) in [5.41, 5.74) is 2.11. The molecule has 0 spiro atoms. The van der Waals surface area contributed by atoms with E-state index in [2.05, 4.69) is 43.5 Å². The number of hydrogen-bond acceptors (Lipinski definition) is 5. The van der Waals surface area contributed by atoms with Gasteiger partial charge in [0.25, 0.3) is 0 Å². The van der Waals surface area contributed by atoms with Gasteiger partial charge in [-0.05, 0) is 68.0 Å². The summed E-state index contributed by atoms with van der Waals surface area (Å²) < 4.78 is 17.8. The number of amides is 1. The standard InChI is InChI=1S/C21H32FNO2.C9H15NO.C5H4ClN/c1-4-6-7-8-16(5-2)21(25)23-13-15(3)20(19(24)14-23)17-9-11-18(22)12-10-17;1-4-5-8(2)6-7-9(10)11-3;6-5-2-1-3-7-4-5/h9-12,15-16,19-20,24H,4-8,13-14H2,1-3H3;5-7,10H,4H2,1-3H3;1-4H/b;7-6-,8-5+,10-9?;. The Morgan fingerprint density at radius 2 is 1.88 bits per heavy atom. The Labute approximate surface area is 263 Å². The zero-order valence-corrected chi connectivity index (χ0v) is 27.5. The lowest BCUT2D eigenvalue weighted by Gasteiger charge is -2.42. The second-order valence-corrected chi connectivity index (χ2v) is 11.3. The number of nitrogens with one attached hydrogen (secondary N) is 1. The fourth-order valence-electron chi connectivity index (χ4n) is 5.08. The van der Waals surface area contributed by atoms with Crippen molar-refractivity contribution < 1.29 is 19.0 Å². The number of carbonyl (C=O) groups excluding carboxylic acids is 1. The van der Waals surface area contributed by atoms with E-state index in [-0.39, 0.29) is 35.4 Å². The fourth-order valence-corrected chi connectivity index (χ4v) is 5.21. The van der Waals surface area contributed by atoms with Crippen LogP contribution >= 0.6 is 11.6 Å². The molecule has 1 amide bonds. The van der Waals surface area contributed by atoms with Crippen molar-refractivity contribution in [3.8, 4) is 0 Å². The Balaban J connectivity index is 0.000000420. The number of nitrogens with zero attached hydrogens (tertiary/aromatic N) is 2. The van der Waals surface area contributed by atoms with E-state index in [9.17, 15) is 14.3 Å². The molecule has 6 nitrogen and oxygen atoms in total. The molecule has 1 aromatic heterocycles. The molecule has 0 saturated carbocycles. The molecule has 0 radical (unpaired) electrons. The number of allylic oxidation sites excluding steroid dienone is 3. The number of hydrogen-bond donors (Lipinski definition) is 2. The molecule has 43 heavy (non-hydrogen) atoms. The molecule has 0 aliphatic carbocycles. The van der Waals surface area contributed by atoms with Crippen molar-refractivity contribution in [3.63, 3.8) is 0 Å². The number of likely N-dealkylation sites (tertiary alicyclic amines) is 1. The molecule has 1 fully saturated rings. The van der Waals surface area contributed by atoms with Gasteiger partial charge < -0.3 is 14.7 Å². The van der Waals surface area contributed by atoms with Crippen molar-refractivity contribution in [3.05, 3.63) is 89.0 Å². The van der Waals surface area contributed by atoms with Gasteiger partial charge in [0.15, 0.2) is 0 Å². The molecule has 1 aliphatic rings. The van der Waals surface area contributed by atoms with Crippen LogP contribution in [-0.2, 0) is 9.53 Å². The predicted octanol–water partition coefficient (Wildman–Crippen LogP) is 8.61. The third-order valence-corrected chi connectivity index (χ3v) is 7.60. The predicted molar refractivity (Wildman–Crippen MR) is 176 cm³/mol. The summed E-state index contributed by atoms with van der Waals surface area (Å²) in [5, 5.41) is 18.5. The van der Waals surface area contributed by atoms with Gasteiger partial charge in [-0.1, -0.05) is 88.4 Å². The minimum Gasteiger partial charge on any atom is -0.481 e. The number of halogens is 2. The van der Waals surface area contributed by atoms with Crippen molar-refractivity contribution in [2.45, 2.75) is 85.2 Å². The number of piperidine rings is 1. The monoisotopic (exact) mass is 615 g/mol. The van der Waals surface area contributed by atoms with Gasteiger partial charge in [-0.3, -0.25) is 15.2 Å². The van der Waals surface area contributed by atoms with Crippen LogP contribution in [0, 0.1) is 23.1 Å². The largest absolute Gasteiger partial charge is 0.481 e. The van der Waals surface area contributed by atoms with Crippen molar-refractivity contribution >= 4 is 23.4 Å². The van der Waals surface area contributed by atoms with Crippen molar-refractivity contribution in [1.82, 2.24) is 9.88 Å². The maximum Gasteiger partial charge on any atom is 0.225 e. The van der Waals surface area contributed by atoms with E-state index in [1.165, 1.54) is 19.2 Å². The molecule has 4 atom stereocenters. The van der Waals surface area contributed by atoms with Gasteiger partial charge in [-0.25, -0.2) is 4.39 Å². The van der Waals surface area contributed by atoms with E-state index in [0.29, 0.717) is 18.1 Å². The highest BCUT2D eigenvalue weighted by Gasteiger charge is 2.37. The van der Waals surface area contributed by atoms with Crippen LogP contribution in [0.15, 0.2) is 72.6 Å². The van der Waals surface area contributed by atoms with Gasteiger partial charge >= 0.3 is 0 Å². The van der Waals surface area contributed by atoms with Crippen LogP contribution in [-0.4, -0.2) is 53.1 Å². The Morgan fingerprint density at radius 1 is 1.19 bits per heavy atom. The average Bonchev–Trinajstić information content (AvgIpc) is 2.99. The molecule has 2 N–H and O–H groups in total. The smallest absolute Gasteiger partial charge is 0.225 e. The minimum atomic E-state index is -0.605. The lowest BCUT2D eigenvalue weighted by molar-refractivity contribution is -0.141. The van der Waals surface area contributed by atoms with Crippen molar-refractivity contribution in [2.75, 3.05) is 20.2 Å². The summed E-state index contributed by atoms with van der Waals surface area (Å²) in [6.07, 6.45) is 14.5. The number of aromatic nitrogens is 1. The molecular formula is C35H51ClFN3O3. The van der Waals surface area contributed by atoms with Gasteiger partial charge in [-0.2, -0.15) is 0 Å². The molecular weight excluding hydrogens is 565 g/mol. The van der Waals surface area contributed by atoms with E-state index >= 15 is 0 Å². The molecule has 1 aliphatic heterocycles. The number of rotatable bonds is 10. The highest BCUT2D eigenvalue weighted by Crippen LogP contribution is 2.34. The lowest BCUT2D eigenvalue weighted by atomic mass is 9.79. The van der Waals surface area contributed by atoms with Gasteiger partial charge in [0.1, 0.15) is 5.82 Å². The van der Waals surface area contributed by atoms with E-state index in [4.69, 9.17) is 17.0 Å². The van der Waals surface area contributed by atoms with E-state index < -0.39 is 6.10 Å². The number of benzene rings is 1. The molecule has 2 aromatic rings. The number of ether oxygens (including phenoxy) is 1. The molecule has 8 heteroatoms. The maximum absolute atomic E-state index is 13.2. The zero-order valence-electron chi connectivity index (χ0n) is 26.7. The number of pyridine rings is 1. The van der Waals surface area contributed by atoms with Crippen LogP contribution in [0.1, 0.15) is 84.6 Å². The maximum atomic E-state index is 13.2.